The molecule has 72 valence electrons. The summed E-state index contributed by atoms with van der Waals surface area (Å²) in [4.78, 5) is 0. The zero-order valence-corrected chi connectivity index (χ0v) is 9.82. The van der Waals surface area contributed by atoms with Gasteiger partial charge in [-0.1, -0.05) is 22.9 Å². The van der Waals surface area contributed by atoms with E-state index in [1.165, 1.54) is 0 Å². The van der Waals surface area contributed by atoms with E-state index in [1.807, 2.05) is 25.1 Å². The van der Waals surface area contributed by atoms with Gasteiger partial charge in [0.15, 0.2) is 0 Å². The van der Waals surface area contributed by atoms with Crippen molar-refractivity contribution in [2.75, 3.05) is 11.5 Å². The highest BCUT2D eigenvalue weighted by Crippen LogP contribution is 2.18. The van der Waals surface area contributed by atoms with E-state index >= 15 is 0 Å². The van der Waals surface area contributed by atoms with Crippen LogP contribution in [0, 0.1) is 0 Å². The van der Waals surface area contributed by atoms with Crippen molar-refractivity contribution in [3.8, 4) is 0 Å². The molecule has 0 heterocycles. The number of hydrogen-bond acceptors (Lipinski definition) is 2. The van der Waals surface area contributed by atoms with Gasteiger partial charge in [-0.2, -0.15) is 0 Å². The van der Waals surface area contributed by atoms with Crippen LogP contribution in [0.15, 0.2) is 22.7 Å². The minimum Gasteiger partial charge on any atom is -0.399 e. The first kappa shape index (κ1) is 10.7. The van der Waals surface area contributed by atoms with E-state index < -0.39 is 10.8 Å². The molecule has 1 atom stereocenters. The summed E-state index contributed by atoms with van der Waals surface area (Å²) >= 11 is 3.35. The molecule has 0 aliphatic rings. The zero-order valence-electron chi connectivity index (χ0n) is 7.42. The summed E-state index contributed by atoms with van der Waals surface area (Å²) in [5, 5.41) is 0. The SMILES string of the molecule is CCS(=O)Cc1cc(N)cc(Br)c1. The lowest BCUT2D eigenvalue weighted by Crippen LogP contribution is -1.98. The van der Waals surface area contributed by atoms with Gasteiger partial charge in [0, 0.05) is 32.5 Å². The topological polar surface area (TPSA) is 43.1 Å². The van der Waals surface area contributed by atoms with Gasteiger partial charge in [0.1, 0.15) is 0 Å². The molecule has 1 aromatic carbocycles. The molecule has 2 N–H and O–H groups in total. The summed E-state index contributed by atoms with van der Waals surface area (Å²) in [6, 6.07) is 5.64. The fraction of sp³-hybridized carbons (Fsp3) is 0.333. The maximum Gasteiger partial charge on any atom is 0.0486 e. The second-order valence-electron chi connectivity index (χ2n) is 2.77. The van der Waals surface area contributed by atoms with Crippen molar-refractivity contribution < 1.29 is 4.21 Å². The standard InChI is InChI=1S/C9H12BrNOS/c1-2-13(12)6-7-3-8(10)5-9(11)4-7/h3-5H,2,6,11H2,1H3. The van der Waals surface area contributed by atoms with Gasteiger partial charge < -0.3 is 5.73 Å². The van der Waals surface area contributed by atoms with E-state index in [0.29, 0.717) is 17.2 Å². The lowest BCUT2D eigenvalue weighted by atomic mass is 10.2. The molecule has 0 radical (unpaired) electrons. The third kappa shape index (κ3) is 3.48. The summed E-state index contributed by atoms with van der Waals surface area (Å²) in [6.07, 6.45) is 0. The second kappa shape index (κ2) is 4.77. The molecule has 4 heteroatoms. The molecule has 1 aromatic rings. The van der Waals surface area contributed by atoms with Crippen molar-refractivity contribution in [2.45, 2.75) is 12.7 Å². The molecule has 1 rings (SSSR count). The van der Waals surface area contributed by atoms with Crippen molar-refractivity contribution in [1.82, 2.24) is 0 Å². The molecule has 13 heavy (non-hydrogen) atoms. The Hall–Kier alpha value is -0.350. The van der Waals surface area contributed by atoms with Gasteiger partial charge in [0.05, 0.1) is 0 Å². The maximum absolute atomic E-state index is 11.3. The summed E-state index contributed by atoms with van der Waals surface area (Å²) in [6.45, 7) is 1.91. The molecule has 0 spiro atoms. The van der Waals surface area contributed by atoms with Gasteiger partial charge in [-0.15, -0.1) is 0 Å². The van der Waals surface area contributed by atoms with Crippen LogP contribution in [-0.4, -0.2) is 9.96 Å². The van der Waals surface area contributed by atoms with E-state index in [-0.39, 0.29) is 0 Å². The average Bonchev–Trinajstić information content (AvgIpc) is 2.02. The molecule has 0 amide bonds. The summed E-state index contributed by atoms with van der Waals surface area (Å²) < 4.78 is 12.2. The number of hydrogen-bond donors (Lipinski definition) is 1. The molecule has 0 fully saturated rings. The maximum atomic E-state index is 11.3. The molecular weight excluding hydrogens is 250 g/mol. The predicted molar refractivity (Wildman–Crippen MR) is 60.9 cm³/mol. The van der Waals surface area contributed by atoms with Crippen LogP contribution in [0.2, 0.25) is 0 Å². The van der Waals surface area contributed by atoms with Crippen molar-refractivity contribution in [3.63, 3.8) is 0 Å². The Bertz CT molecular complexity index is 307. The number of anilines is 1. The molecular formula is C9H12BrNOS. The van der Waals surface area contributed by atoms with E-state index in [2.05, 4.69) is 15.9 Å². The minimum atomic E-state index is -0.771. The fourth-order valence-corrected chi connectivity index (χ4v) is 2.35. The lowest BCUT2D eigenvalue weighted by molar-refractivity contribution is 0.683. The smallest absolute Gasteiger partial charge is 0.0486 e. The van der Waals surface area contributed by atoms with Gasteiger partial charge >= 0.3 is 0 Å². The largest absolute Gasteiger partial charge is 0.399 e. The Morgan fingerprint density at radius 3 is 2.69 bits per heavy atom. The fourth-order valence-electron chi connectivity index (χ4n) is 1.05. The van der Waals surface area contributed by atoms with Crippen LogP contribution in [0.4, 0.5) is 5.69 Å². The van der Waals surface area contributed by atoms with E-state index in [0.717, 1.165) is 10.0 Å². The Kier molecular flexibility index (Phi) is 3.93. The van der Waals surface area contributed by atoms with Gasteiger partial charge in [0.2, 0.25) is 0 Å². The molecule has 0 saturated heterocycles. The molecule has 0 aromatic heterocycles. The monoisotopic (exact) mass is 261 g/mol. The second-order valence-corrected chi connectivity index (χ2v) is 5.43. The van der Waals surface area contributed by atoms with Crippen LogP contribution in [0.25, 0.3) is 0 Å². The molecule has 0 aliphatic carbocycles. The Balaban J connectivity index is 2.83. The number of nitrogens with two attached hydrogens (primary N) is 1. The van der Waals surface area contributed by atoms with Crippen molar-refractivity contribution >= 4 is 32.4 Å². The van der Waals surface area contributed by atoms with Crippen LogP contribution in [0.1, 0.15) is 12.5 Å². The normalized spacial score (nSPS) is 12.8. The minimum absolute atomic E-state index is 0.583. The average molecular weight is 262 g/mol. The first-order valence-corrected chi connectivity index (χ1v) is 6.30. The Morgan fingerprint density at radius 2 is 2.15 bits per heavy atom. The van der Waals surface area contributed by atoms with Crippen LogP contribution < -0.4 is 5.73 Å². The summed E-state index contributed by atoms with van der Waals surface area (Å²) in [7, 11) is -0.771. The van der Waals surface area contributed by atoms with Gasteiger partial charge in [-0.3, -0.25) is 4.21 Å². The van der Waals surface area contributed by atoms with Crippen LogP contribution in [-0.2, 0) is 16.6 Å². The summed E-state index contributed by atoms with van der Waals surface area (Å²) in [5.41, 5.74) is 7.37. The molecule has 2 nitrogen and oxygen atoms in total. The quantitative estimate of drug-likeness (QED) is 0.849. The Morgan fingerprint density at radius 1 is 1.46 bits per heavy atom. The van der Waals surface area contributed by atoms with Crippen molar-refractivity contribution in [2.24, 2.45) is 0 Å². The zero-order chi connectivity index (χ0) is 9.84. The van der Waals surface area contributed by atoms with Crippen molar-refractivity contribution in [3.05, 3.63) is 28.2 Å². The highest BCUT2D eigenvalue weighted by Gasteiger charge is 2.01. The van der Waals surface area contributed by atoms with E-state index in [9.17, 15) is 4.21 Å². The van der Waals surface area contributed by atoms with Crippen LogP contribution in [0.5, 0.6) is 0 Å². The van der Waals surface area contributed by atoms with Gasteiger partial charge in [-0.05, 0) is 23.8 Å². The first-order valence-electron chi connectivity index (χ1n) is 4.01. The molecule has 0 saturated carbocycles. The third-order valence-corrected chi connectivity index (χ3v) is 3.39. The van der Waals surface area contributed by atoms with Crippen LogP contribution in [0.3, 0.4) is 0 Å². The van der Waals surface area contributed by atoms with Gasteiger partial charge in [-0.25, -0.2) is 0 Å². The number of nitrogen functional groups attached to an aromatic ring is 1. The molecule has 0 bridgehead atoms. The number of halogens is 1. The first-order chi connectivity index (χ1) is 6.11. The van der Waals surface area contributed by atoms with Crippen molar-refractivity contribution in [1.29, 1.82) is 0 Å². The third-order valence-electron chi connectivity index (χ3n) is 1.63. The lowest BCUT2D eigenvalue weighted by Gasteiger charge is -2.02. The highest BCUT2D eigenvalue weighted by molar-refractivity contribution is 9.10. The Labute approximate surface area is 89.1 Å². The van der Waals surface area contributed by atoms with Crippen LogP contribution >= 0.6 is 15.9 Å². The highest BCUT2D eigenvalue weighted by atomic mass is 79.9. The molecule has 1 unspecified atom stereocenters. The van der Waals surface area contributed by atoms with Gasteiger partial charge in [0.25, 0.3) is 0 Å². The molecule has 0 aliphatic heterocycles. The number of benzene rings is 1. The summed E-state index contributed by atoms with van der Waals surface area (Å²) in [5.74, 6) is 1.27. The van der Waals surface area contributed by atoms with E-state index in [4.69, 9.17) is 5.73 Å². The number of rotatable bonds is 3. The predicted octanol–water partition coefficient (Wildman–Crippen LogP) is 2.30. The van der Waals surface area contributed by atoms with E-state index in [1.54, 1.807) is 0 Å².